The first-order valence-corrected chi connectivity index (χ1v) is 8.12. The van der Waals surface area contributed by atoms with Gasteiger partial charge in [-0.1, -0.05) is 23.5 Å². The summed E-state index contributed by atoms with van der Waals surface area (Å²) < 4.78 is 3.24. The summed E-state index contributed by atoms with van der Waals surface area (Å²) in [5, 5.41) is 4.27. The van der Waals surface area contributed by atoms with E-state index < -0.39 is 0 Å². The monoisotopic (exact) mass is 396 g/mol. The van der Waals surface area contributed by atoms with Gasteiger partial charge in [-0.15, -0.1) is 0 Å². The Morgan fingerprint density at radius 2 is 1.79 bits per heavy atom. The van der Waals surface area contributed by atoms with E-state index in [1.807, 2.05) is 18.2 Å². The molecule has 3 rings (SSSR count). The molecule has 0 aliphatic heterocycles. The van der Waals surface area contributed by atoms with Crippen molar-refractivity contribution in [3.8, 4) is 0 Å². The molecule has 1 N–H and O–H groups in total. The van der Waals surface area contributed by atoms with Crippen LogP contribution >= 0.6 is 43.2 Å². The van der Waals surface area contributed by atoms with E-state index in [1.165, 1.54) is 10.3 Å². The fourth-order valence-corrected chi connectivity index (χ4v) is 4.34. The highest BCUT2D eigenvalue weighted by Crippen LogP contribution is 2.36. The van der Waals surface area contributed by atoms with Crippen LogP contribution in [0.2, 0.25) is 0 Å². The molecule has 2 aromatic carbocycles. The van der Waals surface area contributed by atoms with Crippen LogP contribution in [-0.2, 0) is 0 Å². The first-order valence-electron chi connectivity index (χ1n) is 5.72. The molecule has 0 aliphatic rings. The summed E-state index contributed by atoms with van der Waals surface area (Å²) in [4.78, 5) is 4.58. The first-order chi connectivity index (χ1) is 9.13. The van der Waals surface area contributed by atoms with Gasteiger partial charge in [-0.25, -0.2) is 4.98 Å². The fraction of sp³-hybridized carbons (Fsp3) is 0.0714. The molecule has 2 nitrogen and oxygen atoms in total. The maximum absolute atomic E-state index is 4.58. The molecule has 0 saturated heterocycles. The van der Waals surface area contributed by atoms with Crippen LogP contribution in [0.5, 0.6) is 0 Å². The van der Waals surface area contributed by atoms with Crippen molar-refractivity contribution in [1.29, 1.82) is 0 Å². The van der Waals surface area contributed by atoms with Gasteiger partial charge in [0, 0.05) is 8.95 Å². The van der Waals surface area contributed by atoms with Crippen molar-refractivity contribution < 1.29 is 0 Å². The van der Waals surface area contributed by atoms with Crippen LogP contribution in [0, 0.1) is 6.92 Å². The molecule has 0 radical (unpaired) electrons. The second kappa shape index (κ2) is 5.23. The molecule has 0 unspecified atom stereocenters. The SMILES string of the molecule is Cc1cc(Br)c(Nc2nc3ccccc3s2)c(Br)c1. The Hall–Kier alpha value is -0.910. The molecule has 0 bridgehead atoms. The summed E-state index contributed by atoms with van der Waals surface area (Å²) >= 11 is 8.82. The minimum atomic E-state index is 0.895. The molecule has 0 aliphatic carbocycles. The second-order valence-corrected chi connectivity index (χ2v) is 6.95. The molecule has 0 saturated carbocycles. The number of para-hydroxylation sites is 1. The fourth-order valence-electron chi connectivity index (χ4n) is 1.85. The van der Waals surface area contributed by atoms with Gasteiger partial charge < -0.3 is 5.32 Å². The van der Waals surface area contributed by atoms with Gasteiger partial charge in [-0.3, -0.25) is 0 Å². The van der Waals surface area contributed by atoms with Crippen LogP contribution in [-0.4, -0.2) is 4.98 Å². The lowest BCUT2D eigenvalue weighted by Crippen LogP contribution is -1.92. The summed E-state index contributed by atoms with van der Waals surface area (Å²) in [5.41, 5.74) is 3.23. The van der Waals surface area contributed by atoms with Crippen molar-refractivity contribution in [3.05, 3.63) is 50.9 Å². The number of nitrogens with zero attached hydrogens (tertiary/aromatic N) is 1. The molecule has 19 heavy (non-hydrogen) atoms. The Kier molecular flexibility index (Phi) is 3.60. The lowest BCUT2D eigenvalue weighted by molar-refractivity contribution is 1.39. The molecular formula is C14H10Br2N2S. The summed E-state index contributed by atoms with van der Waals surface area (Å²) in [5.74, 6) is 0. The number of hydrogen-bond donors (Lipinski definition) is 1. The molecule has 0 fully saturated rings. The molecule has 0 amide bonds. The predicted octanol–water partition coefficient (Wildman–Crippen LogP) is 5.87. The maximum atomic E-state index is 4.58. The molecule has 0 spiro atoms. The third-order valence-electron chi connectivity index (χ3n) is 2.71. The molecule has 1 heterocycles. The van der Waals surface area contributed by atoms with Gasteiger partial charge in [-0.2, -0.15) is 0 Å². The van der Waals surface area contributed by atoms with E-state index >= 15 is 0 Å². The number of aromatic nitrogens is 1. The average Bonchev–Trinajstić information content (AvgIpc) is 2.76. The normalized spacial score (nSPS) is 10.9. The number of fused-ring (bicyclic) bond motifs is 1. The third kappa shape index (κ3) is 2.68. The molecule has 3 aromatic rings. The molecule has 1 aromatic heterocycles. The standard InChI is InChI=1S/C14H10Br2N2S/c1-8-6-9(15)13(10(16)7-8)18-14-17-11-4-2-3-5-12(11)19-14/h2-7H,1H3,(H,17,18). The van der Waals surface area contributed by atoms with Crippen molar-refractivity contribution in [2.75, 3.05) is 5.32 Å². The summed E-state index contributed by atoms with van der Waals surface area (Å²) in [6, 6.07) is 12.3. The number of anilines is 2. The number of thiazole rings is 1. The highest BCUT2D eigenvalue weighted by atomic mass is 79.9. The van der Waals surface area contributed by atoms with Crippen LogP contribution < -0.4 is 5.32 Å². The minimum Gasteiger partial charge on any atom is -0.330 e. The molecular weight excluding hydrogens is 388 g/mol. The molecule has 0 atom stereocenters. The van der Waals surface area contributed by atoms with Gasteiger partial charge in [-0.05, 0) is 68.6 Å². The van der Waals surface area contributed by atoms with E-state index in [0.29, 0.717) is 0 Å². The summed E-state index contributed by atoms with van der Waals surface area (Å²) in [6.07, 6.45) is 0. The smallest absolute Gasteiger partial charge is 0.188 e. The highest BCUT2D eigenvalue weighted by Gasteiger charge is 2.09. The van der Waals surface area contributed by atoms with Crippen LogP contribution in [0.3, 0.4) is 0 Å². The van der Waals surface area contributed by atoms with Gasteiger partial charge in [0.15, 0.2) is 5.13 Å². The Morgan fingerprint density at radius 1 is 1.11 bits per heavy atom. The van der Waals surface area contributed by atoms with E-state index in [0.717, 1.165) is 25.3 Å². The quantitative estimate of drug-likeness (QED) is 0.584. The molecule has 96 valence electrons. The van der Waals surface area contributed by atoms with Gasteiger partial charge in [0.1, 0.15) is 0 Å². The largest absolute Gasteiger partial charge is 0.330 e. The van der Waals surface area contributed by atoms with Crippen molar-refractivity contribution >= 4 is 64.2 Å². The van der Waals surface area contributed by atoms with E-state index in [2.05, 4.69) is 67.3 Å². The lowest BCUT2D eigenvalue weighted by atomic mass is 10.2. The Balaban J connectivity index is 2.01. The predicted molar refractivity (Wildman–Crippen MR) is 89.5 cm³/mol. The maximum Gasteiger partial charge on any atom is 0.188 e. The zero-order valence-corrected chi connectivity index (χ0v) is 14.1. The van der Waals surface area contributed by atoms with Crippen molar-refractivity contribution in [2.24, 2.45) is 0 Å². The third-order valence-corrected chi connectivity index (χ3v) is 4.91. The van der Waals surface area contributed by atoms with E-state index in [-0.39, 0.29) is 0 Å². The number of rotatable bonds is 2. The van der Waals surface area contributed by atoms with Crippen molar-refractivity contribution in [1.82, 2.24) is 4.98 Å². The Bertz CT molecular complexity index is 696. The zero-order valence-electron chi connectivity index (χ0n) is 10.1. The number of aryl methyl sites for hydroxylation is 1. The zero-order chi connectivity index (χ0) is 13.4. The van der Waals surface area contributed by atoms with Gasteiger partial charge in [0.25, 0.3) is 0 Å². The number of benzene rings is 2. The van der Waals surface area contributed by atoms with Crippen LogP contribution in [0.1, 0.15) is 5.56 Å². The van der Waals surface area contributed by atoms with E-state index in [1.54, 1.807) is 11.3 Å². The van der Waals surface area contributed by atoms with E-state index in [9.17, 15) is 0 Å². The minimum absolute atomic E-state index is 0.895. The second-order valence-electron chi connectivity index (χ2n) is 4.22. The number of halogens is 2. The number of hydrogen-bond acceptors (Lipinski definition) is 3. The van der Waals surface area contributed by atoms with E-state index in [4.69, 9.17) is 0 Å². The van der Waals surface area contributed by atoms with Crippen molar-refractivity contribution in [2.45, 2.75) is 6.92 Å². The van der Waals surface area contributed by atoms with Crippen LogP contribution in [0.15, 0.2) is 45.3 Å². The first kappa shape index (κ1) is 13.1. The topological polar surface area (TPSA) is 24.9 Å². The van der Waals surface area contributed by atoms with Gasteiger partial charge in [0.05, 0.1) is 15.9 Å². The summed E-state index contributed by atoms with van der Waals surface area (Å²) in [6.45, 7) is 2.07. The summed E-state index contributed by atoms with van der Waals surface area (Å²) in [7, 11) is 0. The van der Waals surface area contributed by atoms with Crippen LogP contribution in [0.25, 0.3) is 10.2 Å². The number of nitrogens with one attached hydrogen (secondary N) is 1. The molecule has 5 heteroatoms. The van der Waals surface area contributed by atoms with Crippen LogP contribution in [0.4, 0.5) is 10.8 Å². The van der Waals surface area contributed by atoms with Crippen molar-refractivity contribution in [3.63, 3.8) is 0 Å². The Morgan fingerprint density at radius 3 is 2.47 bits per heavy atom. The highest BCUT2D eigenvalue weighted by molar-refractivity contribution is 9.11. The average molecular weight is 398 g/mol. The lowest BCUT2D eigenvalue weighted by Gasteiger charge is -2.09. The van der Waals surface area contributed by atoms with Gasteiger partial charge in [0.2, 0.25) is 0 Å². The Labute approximate surface area is 132 Å². The van der Waals surface area contributed by atoms with Gasteiger partial charge >= 0.3 is 0 Å².